The second kappa shape index (κ2) is 11.3. The number of amides is 1. The SMILES string of the molecule is CCCN(C(=O)C(C)OC1CCCCCC1)C1CCNCC1.Cl. The molecular weight excluding hydrogens is 312 g/mol. The summed E-state index contributed by atoms with van der Waals surface area (Å²) in [6.45, 7) is 7.02. The van der Waals surface area contributed by atoms with Gasteiger partial charge in [-0.2, -0.15) is 0 Å². The van der Waals surface area contributed by atoms with Crippen molar-refractivity contribution in [3.63, 3.8) is 0 Å². The summed E-state index contributed by atoms with van der Waals surface area (Å²) in [5.41, 5.74) is 0. The van der Waals surface area contributed by atoms with E-state index >= 15 is 0 Å². The zero-order valence-corrected chi connectivity index (χ0v) is 15.7. The van der Waals surface area contributed by atoms with E-state index in [0.717, 1.165) is 51.7 Å². The molecule has 5 heteroatoms. The average molecular weight is 347 g/mol. The van der Waals surface area contributed by atoms with E-state index in [2.05, 4.69) is 17.1 Å². The number of carbonyl (C=O) groups excluding carboxylic acids is 1. The Bertz CT molecular complexity index is 327. The molecule has 0 radical (unpaired) electrons. The van der Waals surface area contributed by atoms with Crippen LogP contribution in [0.1, 0.15) is 71.6 Å². The van der Waals surface area contributed by atoms with Crippen molar-refractivity contribution in [2.75, 3.05) is 19.6 Å². The highest BCUT2D eigenvalue weighted by atomic mass is 35.5. The Balaban J connectivity index is 0.00000264. The minimum absolute atomic E-state index is 0. The molecule has 1 atom stereocenters. The summed E-state index contributed by atoms with van der Waals surface area (Å²) >= 11 is 0. The average Bonchev–Trinajstić information content (AvgIpc) is 2.81. The highest BCUT2D eigenvalue weighted by molar-refractivity contribution is 5.85. The van der Waals surface area contributed by atoms with E-state index in [0.29, 0.717) is 6.04 Å². The number of nitrogens with zero attached hydrogens (tertiary/aromatic N) is 1. The predicted molar refractivity (Wildman–Crippen MR) is 97.2 cm³/mol. The Morgan fingerprint density at radius 3 is 2.30 bits per heavy atom. The number of nitrogens with one attached hydrogen (secondary N) is 1. The molecule has 2 fully saturated rings. The number of ether oxygens (including phenoxy) is 1. The monoisotopic (exact) mass is 346 g/mol. The third-order valence-corrected chi connectivity index (χ3v) is 5.04. The van der Waals surface area contributed by atoms with Gasteiger partial charge in [-0.05, 0) is 52.1 Å². The van der Waals surface area contributed by atoms with E-state index in [1.165, 1.54) is 25.7 Å². The van der Waals surface area contributed by atoms with Gasteiger partial charge in [0.1, 0.15) is 6.10 Å². The van der Waals surface area contributed by atoms with Crippen molar-refractivity contribution in [3.8, 4) is 0 Å². The quantitative estimate of drug-likeness (QED) is 0.748. The predicted octanol–water partition coefficient (Wildman–Crippen LogP) is 3.53. The van der Waals surface area contributed by atoms with Gasteiger partial charge in [0, 0.05) is 12.6 Å². The van der Waals surface area contributed by atoms with Crippen LogP contribution in [0.25, 0.3) is 0 Å². The first kappa shape index (κ1) is 20.7. The normalized spacial score (nSPS) is 22.0. The standard InChI is InChI=1S/C18H34N2O2.ClH/c1-3-14-20(16-10-12-19-13-11-16)18(21)15(2)22-17-8-6-4-5-7-9-17;/h15-17,19H,3-14H2,1-2H3;1H. The molecule has 1 saturated carbocycles. The fraction of sp³-hybridized carbons (Fsp3) is 0.944. The maximum atomic E-state index is 12.9. The first-order chi connectivity index (χ1) is 10.7. The lowest BCUT2D eigenvalue weighted by molar-refractivity contribution is -0.149. The topological polar surface area (TPSA) is 41.6 Å². The minimum Gasteiger partial charge on any atom is -0.365 e. The highest BCUT2D eigenvalue weighted by Gasteiger charge is 2.29. The lowest BCUT2D eigenvalue weighted by atomic mass is 10.0. The van der Waals surface area contributed by atoms with Crippen LogP contribution in [0.5, 0.6) is 0 Å². The first-order valence-electron chi connectivity index (χ1n) is 9.39. The van der Waals surface area contributed by atoms with Crippen molar-refractivity contribution in [3.05, 3.63) is 0 Å². The number of carbonyl (C=O) groups is 1. The van der Waals surface area contributed by atoms with Crippen molar-refractivity contribution < 1.29 is 9.53 Å². The Labute approximate surface area is 148 Å². The summed E-state index contributed by atoms with van der Waals surface area (Å²) in [5.74, 6) is 0.206. The summed E-state index contributed by atoms with van der Waals surface area (Å²) in [6.07, 6.45) is 10.5. The molecule has 1 N–H and O–H groups in total. The van der Waals surface area contributed by atoms with Gasteiger partial charge in [0.2, 0.25) is 0 Å². The van der Waals surface area contributed by atoms with Crippen LogP contribution in [0.2, 0.25) is 0 Å². The molecule has 0 spiro atoms. The summed E-state index contributed by atoms with van der Waals surface area (Å²) in [5, 5.41) is 3.38. The van der Waals surface area contributed by atoms with E-state index in [4.69, 9.17) is 4.74 Å². The lowest BCUT2D eigenvalue weighted by Crippen LogP contribution is -2.50. The Hall–Kier alpha value is -0.320. The maximum absolute atomic E-state index is 12.9. The molecule has 0 aromatic heterocycles. The Morgan fingerprint density at radius 2 is 1.74 bits per heavy atom. The van der Waals surface area contributed by atoms with Crippen LogP contribution in [0.3, 0.4) is 0 Å². The summed E-state index contributed by atoms with van der Waals surface area (Å²) in [7, 11) is 0. The van der Waals surface area contributed by atoms with Gasteiger partial charge in [0.15, 0.2) is 0 Å². The van der Waals surface area contributed by atoms with E-state index in [-0.39, 0.29) is 30.5 Å². The van der Waals surface area contributed by atoms with Gasteiger partial charge in [-0.1, -0.05) is 32.6 Å². The van der Waals surface area contributed by atoms with Crippen LogP contribution in [0.4, 0.5) is 0 Å². The molecule has 0 aromatic rings. The van der Waals surface area contributed by atoms with Crippen LogP contribution in [-0.2, 0) is 9.53 Å². The maximum Gasteiger partial charge on any atom is 0.251 e. The van der Waals surface area contributed by atoms with Crippen LogP contribution in [0.15, 0.2) is 0 Å². The van der Waals surface area contributed by atoms with Crippen molar-refractivity contribution in [1.29, 1.82) is 0 Å². The Kier molecular flexibility index (Phi) is 10.2. The first-order valence-corrected chi connectivity index (χ1v) is 9.39. The zero-order chi connectivity index (χ0) is 15.8. The number of piperidine rings is 1. The van der Waals surface area contributed by atoms with Crippen molar-refractivity contribution in [1.82, 2.24) is 10.2 Å². The van der Waals surface area contributed by atoms with Crippen molar-refractivity contribution in [2.45, 2.75) is 89.9 Å². The van der Waals surface area contributed by atoms with Crippen LogP contribution in [-0.4, -0.2) is 48.7 Å². The van der Waals surface area contributed by atoms with Gasteiger partial charge in [0.05, 0.1) is 6.10 Å². The molecule has 1 amide bonds. The summed E-state index contributed by atoms with van der Waals surface area (Å²) in [4.78, 5) is 15.0. The molecule has 1 aliphatic carbocycles. The van der Waals surface area contributed by atoms with Gasteiger partial charge in [0.25, 0.3) is 5.91 Å². The van der Waals surface area contributed by atoms with Crippen LogP contribution < -0.4 is 5.32 Å². The number of hydrogen-bond donors (Lipinski definition) is 1. The second-order valence-corrected chi connectivity index (χ2v) is 6.90. The molecule has 2 rings (SSSR count). The molecule has 2 aliphatic rings. The minimum atomic E-state index is -0.287. The third-order valence-electron chi connectivity index (χ3n) is 5.04. The number of halogens is 1. The van der Waals surface area contributed by atoms with E-state index < -0.39 is 0 Å². The van der Waals surface area contributed by atoms with Crippen molar-refractivity contribution >= 4 is 18.3 Å². The van der Waals surface area contributed by atoms with Gasteiger partial charge < -0.3 is 15.0 Å². The van der Waals surface area contributed by atoms with Crippen LogP contribution >= 0.6 is 12.4 Å². The number of rotatable bonds is 6. The molecule has 136 valence electrons. The van der Waals surface area contributed by atoms with Crippen molar-refractivity contribution in [2.24, 2.45) is 0 Å². The highest BCUT2D eigenvalue weighted by Crippen LogP contribution is 2.22. The largest absolute Gasteiger partial charge is 0.365 e. The molecule has 1 heterocycles. The zero-order valence-electron chi connectivity index (χ0n) is 14.9. The van der Waals surface area contributed by atoms with Gasteiger partial charge >= 0.3 is 0 Å². The molecular formula is C18H35ClN2O2. The van der Waals surface area contributed by atoms with Crippen LogP contribution in [0, 0.1) is 0 Å². The van der Waals surface area contributed by atoms with E-state index in [1.807, 2.05) is 6.92 Å². The number of hydrogen-bond acceptors (Lipinski definition) is 3. The summed E-state index contributed by atoms with van der Waals surface area (Å²) in [6, 6.07) is 0.397. The molecule has 4 nitrogen and oxygen atoms in total. The third kappa shape index (κ3) is 6.60. The lowest BCUT2D eigenvalue weighted by Gasteiger charge is -2.36. The Morgan fingerprint density at radius 1 is 1.13 bits per heavy atom. The molecule has 23 heavy (non-hydrogen) atoms. The van der Waals surface area contributed by atoms with E-state index in [1.54, 1.807) is 0 Å². The fourth-order valence-electron chi connectivity index (χ4n) is 3.79. The van der Waals surface area contributed by atoms with E-state index in [9.17, 15) is 4.79 Å². The summed E-state index contributed by atoms with van der Waals surface area (Å²) < 4.78 is 6.14. The van der Waals surface area contributed by atoms with Gasteiger partial charge in [-0.15, -0.1) is 12.4 Å². The molecule has 1 saturated heterocycles. The molecule has 1 unspecified atom stereocenters. The fourth-order valence-corrected chi connectivity index (χ4v) is 3.79. The molecule has 1 aliphatic heterocycles. The smallest absolute Gasteiger partial charge is 0.251 e. The molecule has 0 aromatic carbocycles. The van der Waals surface area contributed by atoms with Gasteiger partial charge in [-0.3, -0.25) is 4.79 Å². The molecule has 0 bridgehead atoms. The second-order valence-electron chi connectivity index (χ2n) is 6.90. The van der Waals surface area contributed by atoms with Gasteiger partial charge in [-0.25, -0.2) is 0 Å².